The number of para-hydroxylation sites is 1. The van der Waals surface area contributed by atoms with Crippen molar-refractivity contribution in [3.05, 3.63) is 101 Å². The lowest BCUT2D eigenvalue weighted by molar-refractivity contribution is -0.155. The molecule has 238 valence electrons. The highest BCUT2D eigenvalue weighted by molar-refractivity contribution is 6.02. The normalized spacial score (nSPS) is 24.3. The fraction of sp³-hybridized carbons (Fsp3) is 0.405. The highest BCUT2D eigenvalue weighted by atomic mass is 16.6. The molecule has 3 amide bonds. The van der Waals surface area contributed by atoms with E-state index in [-0.39, 0.29) is 30.9 Å². The fourth-order valence-electron chi connectivity index (χ4n) is 7.89. The Labute approximate surface area is 268 Å². The van der Waals surface area contributed by atoms with E-state index in [0.29, 0.717) is 24.9 Å². The van der Waals surface area contributed by atoms with Crippen LogP contribution in [0.15, 0.2) is 78.9 Å². The van der Waals surface area contributed by atoms with E-state index in [4.69, 9.17) is 4.74 Å². The van der Waals surface area contributed by atoms with Crippen LogP contribution >= 0.6 is 0 Å². The maximum Gasteiger partial charge on any atom is 0.415 e. The summed E-state index contributed by atoms with van der Waals surface area (Å²) in [5, 5.41) is 10.2. The summed E-state index contributed by atoms with van der Waals surface area (Å²) in [7, 11) is 0. The number of carbonyl (C=O) groups is 4. The number of carboxylic acid groups (broad SMARTS) is 1. The van der Waals surface area contributed by atoms with E-state index in [1.54, 1.807) is 4.90 Å². The zero-order chi connectivity index (χ0) is 31.8. The molecule has 0 bridgehead atoms. The van der Waals surface area contributed by atoms with Crippen LogP contribution in [0.25, 0.3) is 0 Å². The number of carboxylic acids is 1. The number of amides is 3. The van der Waals surface area contributed by atoms with Gasteiger partial charge in [-0.3, -0.25) is 14.5 Å². The van der Waals surface area contributed by atoms with Crippen molar-refractivity contribution in [2.75, 3.05) is 4.90 Å². The van der Waals surface area contributed by atoms with Crippen LogP contribution in [-0.4, -0.2) is 63.0 Å². The van der Waals surface area contributed by atoms with Gasteiger partial charge in [0.2, 0.25) is 11.8 Å². The third-order valence-electron chi connectivity index (χ3n) is 10.2. The molecule has 1 saturated heterocycles. The molecule has 4 atom stereocenters. The van der Waals surface area contributed by atoms with E-state index < -0.39 is 36.2 Å². The Morgan fingerprint density at radius 2 is 1.30 bits per heavy atom. The summed E-state index contributed by atoms with van der Waals surface area (Å²) < 4.78 is 6.01. The van der Waals surface area contributed by atoms with Gasteiger partial charge < -0.3 is 19.6 Å². The van der Waals surface area contributed by atoms with Crippen molar-refractivity contribution in [1.82, 2.24) is 9.80 Å². The average molecular weight is 622 g/mol. The smallest absolute Gasteiger partial charge is 0.415 e. The number of nitrogens with zero attached hydrogens (tertiary/aromatic N) is 3. The Kier molecular flexibility index (Phi) is 8.23. The van der Waals surface area contributed by atoms with Gasteiger partial charge in [0.1, 0.15) is 24.2 Å². The molecule has 3 aromatic rings. The number of aliphatic carboxylic acids is 1. The number of hydrogen-bond acceptors (Lipinski definition) is 5. The van der Waals surface area contributed by atoms with Crippen LogP contribution in [-0.2, 0) is 38.5 Å². The minimum atomic E-state index is -1.07. The van der Waals surface area contributed by atoms with E-state index in [9.17, 15) is 24.3 Å². The summed E-state index contributed by atoms with van der Waals surface area (Å²) in [4.78, 5) is 60.3. The van der Waals surface area contributed by atoms with Crippen LogP contribution in [0, 0.1) is 0 Å². The lowest BCUT2D eigenvalue weighted by Gasteiger charge is -2.40. The number of carbonyl (C=O) groups excluding carboxylic acids is 3. The first-order valence-electron chi connectivity index (χ1n) is 16.5. The molecule has 0 aromatic heterocycles. The van der Waals surface area contributed by atoms with Crippen LogP contribution < -0.4 is 4.90 Å². The summed E-state index contributed by atoms with van der Waals surface area (Å²) in [5.74, 6) is -1.77. The van der Waals surface area contributed by atoms with Gasteiger partial charge in [0.15, 0.2) is 0 Å². The molecule has 46 heavy (non-hydrogen) atoms. The van der Waals surface area contributed by atoms with Crippen molar-refractivity contribution in [3.8, 4) is 0 Å². The van der Waals surface area contributed by atoms with Gasteiger partial charge in [-0.05, 0) is 66.8 Å². The van der Waals surface area contributed by atoms with Gasteiger partial charge >= 0.3 is 12.1 Å². The number of rotatable bonds is 5. The molecule has 9 heteroatoms. The van der Waals surface area contributed by atoms with Gasteiger partial charge in [-0.25, -0.2) is 9.59 Å². The zero-order valence-corrected chi connectivity index (χ0v) is 25.8. The van der Waals surface area contributed by atoms with Crippen LogP contribution in [0.1, 0.15) is 73.2 Å². The second kappa shape index (κ2) is 12.6. The quantitative estimate of drug-likeness (QED) is 0.394. The molecule has 1 saturated carbocycles. The average Bonchev–Trinajstić information content (AvgIpc) is 3.71. The molecule has 3 heterocycles. The molecule has 4 aliphatic rings. The molecule has 7 rings (SSSR count). The van der Waals surface area contributed by atoms with Gasteiger partial charge in [0.05, 0.1) is 11.7 Å². The van der Waals surface area contributed by atoms with Gasteiger partial charge in [-0.15, -0.1) is 0 Å². The molecular formula is C37H39N3O6. The van der Waals surface area contributed by atoms with E-state index in [0.717, 1.165) is 54.4 Å². The Balaban J connectivity index is 1.23. The number of anilines is 1. The molecule has 1 aliphatic carbocycles. The second-order valence-electron chi connectivity index (χ2n) is 12.9. The molecule has 2 fully saturated rings. The first-order chi connectivity index (χ1) is 22.4. The first kappa shape index (κ1) is 30.0. The van der Waals surface area contributed by atoms with E-state index in [1.807, 2.05) is 78.9 Å². The monoisotopic (exact) mass is 621 g/mol. The van der Waals surface area contributed by atoms with E-state index in [1.165, 1.54) is 9.80 Å². The Morgan fingerprint density at radius 3 is 2.04 bits per heavy atom. The van der Waals surface area contributed by atoms with Gasteiger partial charge in [0, 0.05) is 19.4 Å². The third kappa shape index (κ3) is 5.52. The summed E-state index contributed by atoms with van der Waals surface area (Å²) in [6.45, 7) is 0.162. The van der Waals surface area contributed by atoms with Gasteiger partial charge in [0.25, 0.3) is 0 Å². The maximum atomic E-state index is 14.9. The second-order valence-corrected chi connectivity index (χ2v) is 12.9. The van der Waals surface area contributed by atoms with Crippen LogP contribution in [0.4, 0.5) is 10.5 Å². The number of benzene rings is 3. The van der Waals surface area contributed by atoms with Crippen molar-refractivity contribution >= 4 is 29.6 Å². The van der Waals surface area contributed by atoms with Crippen LogP contribution in [0.3, 0.4) is 0 Å². The first-order valence-corrected chi connectivity index (χ1v) is 16.5. The standard InChI is InChI=1S/C37H39N3O6/c41-34(38-23-27-15-8-7-13-25(27)21-33(38)36(43)44)31-20-19-30(24-11-3-1-4-12-24)39(31)35(42)32-22-26-14-9-10-18-29(26)40(32)37(45)46-28-16-5-2-6-17-28/h1,3-4,7-15,18,28,30-33H,2,5-6,16-17,19-23H2,(H,43,44)/t30-,31+,32+,33+/m0/s1. The lowest BCUT2D eigenvalue weighted by atomic mass is 9.93. The highest BCUT2D eigenvalue weighted by Crippen LogP contribution is 2.42. The van der Waals surface area contributed by atoms with Crippen molar-refractivity contribution < 1.29 is 29.0 Å². The van der Waals surface area contributed by atoms with E-state index >= 15 is 0 Å². The van der Waals surface area contributed by atoms with Crippen molar-refractivity contribution in [2.24, 2.45) is 0 Å². The number of hydrogen-bond donors (Lipinski definition) is 1. The van der Waals surface area contributed by atoms with Crippen LogP contribution in [0.2, 0.25) is 0 Å². The van der Waals surface area contributed by atoms with Crippen molar-refractivity contribution in [3.63, 3.8) is 0 Å². The number of ether oxygens (including phenoxy) is 1. The summed E-state index contributed by atoms with van der Waals surface area (Å²) >= 11 is 0. The largest absolute Gasteiger partial charge is 0.480 e. The Hall–Kier alpha value is -4.66. The molecule has 0 spiro atoms. The Bertz CT molecular complexity index is 1640. The number of fused-ring (bicyclic) bond motifs is 2. The number of likely N-dealkylation sites (tertiary alicyclic amines) is 1. The lowest BCUT2D eigenvalue weighted by Crippen LogP contribution is -2.58. The minimum Gasteiger partial charge on any atom is -0.480 e. The molecule has 0 radical (unpaired) electrons. The minimum absolute atomic E-state index is 0.162. The fourth-order valence-corrected chi connectivity index (χ4v) is 7.89. The summed E-state index contributed by atoms with van der Waals surface area (Å²) in [6, 6.07) is 21.5. The summed E-state index contributed by atoms with van der Waals surface area (Å²) in [6.07, 6.45) is 5.48. The highest BCUT2D eigenvalue weighted by Gasteiger charge is 2.50. The topological polar surface area (TPSA) is 107 Å². The third-order valence-corrected chi connectivity index (χ3v) is 10.2. The van der Waals surface area contributed by atoms with Crippen LogP contribution in [0.5, 0.6) is 0 Å². The molecular weight excluding hydrogens is 582 g/mol. The predicted molar refractivity (Wildman–Crippen MR) is 171 cm³/mol. The van der Waals surface area contributed by atoms with Gasteiger partial charge in [-0.1, -0.05) is 79.2 Å². The summed E-state index contributed by atoms with van der Waals surface area (Å²) in [5.41, 5.74) is 4.25. The van der Waals surface area contributed by atoms with E-state index in [2.05, 4.69) is 0 Å². The predicted octanol–water partition coefficient (Wildman–Crippen LogP) is 5.66. The Morgan fingerprint density at radius 1 is 0.652 bits per heavy atom. The maximum absolute atomic E-state index is 14.9. The van der Waals surface area contributed by atoms with Crippen molar-refractivity contribution in [1.29, 1.82) is 0 Å². The molecule has 1 N–H and O–H groups in total. The molecule has 0 unspecified atom stereocenters. The molecule has 9 nitrogen and oxygen atoms in total. The molecule has 3 aromatic carbocycles. The SMILES string of the molecule is O=C(O)[C@H]1Cc2ccccc2CN1C(=O)[C@H]1CC[C@@H](c2ccccc2)N1C(=O)[C@H]1Cc2ccccc2N1C(=O)OC1CCCCC1. The zero-order valence-electron chi connectivity index (χ0n) is 25.8. The van der Waals surface area contributed by atoms with Gasteiger partial charge in [-0.2, -0.15) is 0 Å². The van der Waals surface area contributed by atoms with Crippen molar-refractivity contribution in [2.45, 2.75) is 94.6 Å². The molecule has 3 aliphatic heterocycles.